The third-order valence-electron chi connectivity index (χ3n) is 3.16. The smallest absolute Gasteiger partial charge is 0.160 e. The van der Waals surface area contributed by atoms with Crippen LogP contribution >= 0.6 is 0 Å². The minimum absolute atomic E-state index is 0.372. The fourth-order valence-electron chi connectivity index (χ4n) is 1.89. The van der Waals surface area contributed by atoms with Crippen LogP contribution in [0.3, 0.4) is 0 Å². The Bertz CT molecular complexity index is 331. The molecule has 1 unspecified atom stereocenters. The number of aromatic hydroxyl groups is 1. The Hall–Kier alpha value is -0.990. The summed E-state index contributed by atoms with van der Waals surface area (Å²) in [5.41, 5.74) is 1.86. The van der Waals surface area contributed by atoms with E-state index in [2.05, 4.69) is 32.8 Å². The third kappa shape index (κ3) is 2.57. The molecule has 92 valence electrons. The van der Waals surface area contributed by atoms with Crippen LogP contribution in [-0.2, 0) is 12.8 Å². The topological polar surface area (TPSA) is 38.0 Å². The highest BCUT2D eigenvalue weighted by Gasteiger charge is 2.17. The van der Waals surface area contributed by atoms with Crippen LogP contribution in [-0.4, -0.2) is 14.9 Å². The molecule has 0 saturated heterocycles. The molecule has 0 radical (unpaired) electrons. The molecule has 0 saturated carbocycles. The van der Waals surface area contributed by atoms with Crippen molar-refractivity contribution in [1.82, 2.24) is 9.78 Å². The van der Waals surface area contributed by atoms with E-state index >= 15 is 0 Å². The lowest BCUT2D eigenvalue weighted by atomic mass is 10.1. The summed E-state index contributed by atoms with van der Waals surface area (Å²) in [7, 11) is 0. The molecule has 3 heteroatoms. The summed E-state index contributed by atoms with van der Waals surface area (Å²) < 4.78 is 2.00. The van der Waals surface area contributed by atoms with E-state index in [9.17, 15) is 5.11 Å². The lowest BCUT2D eigenvalue weighted by molar-refractivity contribution is 0.439. The van der Waals surface area contributed by atoms with E-state index in [0.29, 0.717) is 11.8 Å². The highest BCUT2D eigenvalue weighted by molar-refractivity contribution is 5.32. The van der Waals surface area contributed by atoms with Crippen LogP contribution in [0.25, 0.3) is 0 Å². The van der Waals surface area contributed by atoms with Gasteiger partial charge in [0.1, 0.15) is 5.69 Å². The molecule has 0 aliphatic carbocycles. The molecule has 0 fully saturated rings. The second-order valence-corrected chi connectivity index (χ2v) is 4.40. The molecule has 1 rings (SSSR count). The Labute approximate surface area is 98.5 Å². The van der Waals surface area contributed by atoms with Gasteiger partial charge in [-0.15, -0.1) is 0 Å². The largest absolute Gasteiger partial charge is 0.504 e. The third-order valence-corrected chi connectivity index (χ3v) is 3.16. The van der Waals surface area contributed by atoms with Gasteiger partial charge >= 0.3 is 0 Å². The van der Waals surface area contributed by atoms with E-state index in [1.165, 1.54) is 0 Å². The summed E-state index contributed by atoms with van der Waals surface area (Å²) >= 11 is 0. The number of hydrogen-bond donors (Lipinski definition) is 1. The number of rotatable bonds is 6. The molecule has 0 spiro atoms. The summed E-state index contributed by atoms with van der Waals surface area (Å²) in [5.74, 6) is 0.427. The average molecular weight is 224 g/mol. The Morgan fingerprint density at radius 1 is 1.31 bits per heavy atom. The number of aromatic nitrogens is 2. The fraction of sp³-hybridized carbons (Fsp3) is 0.769. The van der Waals surface area contributed by atoms with Crippen molar-refractivity contribution < 1.29 is 5.11 Å². The van der Waals surface area contributed by atoms with Crippen molar-refractivity contribution >= 4 is 0 Å². The van der Waals surface area contributed by atoms with Crippen molar-refractivity contribution in [3.63, 3.8) is 0 Å². The molecule has 0 aliphatic heterocycles. The lowest BCUT2D eigenvalue weighted by Crippen LogP contribution is -2.09. The molecule has 0 amide bonds. The average Bonchev–Trinajstić information content (AvgIpc) is 2.62. The van der Waals surface area contributed by atoms with Crippen molar-refractivity contribution in [3.8, 4) is 5.75 Å². The van der Waals surface area contributed by atoms with Gasteiger partial charge in [-0.25, -0.2) is 0 Å². The lowest BCUT2D eigenvalue weighted by Gasteiger charge is -2.12. The van der Waals surface area contributed by atoms with Crippen LogP contribution in [0, 0.1) is 0 Å². The van der Waals surface area contributed by atoms with E-state index in [1.807, 2.05) is 4.68 Å². The zero-order chi connectivity index (χ0) is 12.1. The summed E-state index contributed by atoms with van der Waals surface area (Å²) in [4.78, 5) is 0. The first-order chi connectivity index (χ1) is 7.65. The quantitative estimate of drug-likeness (QED) is 0.803. The molecule has 1 aromatic heterocycles. The van der Waals surface area contributed by atoms with E-state index in [0.717, 1.165) is 43.5 Å². The molecule has 0 aliphatic rings. The Morgan fingerprint density at radius 3 is 2.50 bits per heavy atom. The number of nitrogens with zero attached hydrogens (tertiary/aromatic N) is 2. The van der Waals surface area contributed by atoms with Crippen molar-refractivity contribution in [2.75, 3.05) is 0 Å². The second kappa shape index (κ2) is 5.92. The maximum absolute atomic E-state index is 10.1. The minimum Gasteiger partial charge on any atom is -0.504 e. The summed E-state index contributed by atoms with van der Waals surface area (Å²) in [6, 6.07) is 0.372. The van der Waals surface area contributed by atoms with Gasteiger partial charge in [-0.1, -0.05) is 27.2 Å². The summed E-state index contributed by atoms with van der Waals surface area (Å²) in [6.07, 6.45) is 5.00. The van der Waals surface area contributed by atoms with Gasteiger partial charge < -0.3 is 5.11 Å². The maximum Gasteiger partial charge on any atom is 0.160 e. The molecule has 1 atom stereocenters. The number of unbranched alkanes of at least 4 members (excludes halogenated alkanes) is 1. The molecule has 1 N–H and O–H groups in total. The highest BCUT2D eigenvalue weighted by atomic mass is 16.3. The monoisotopic (exact) mass is 224 g/mol. The Kier molecular flexibility index (Phi) is 4.84. The van der Waals surface area contributed by atoms with Crippen LogP contribution in [0.1, 0.15) is 64.4 Å². The van der Waals surface area contributed by atoms with Gasteiger partial charge in [0, 0.05) is 6.04 Å². The van der Waals surface area contributed by atoms with E-state index in [-0.39, 0.29) is 0 Å². The molecule has 1 aromatic rings. The van der Waals surface area contributed by atoms with Gasteiger partial charge in [-0.3, -0.25) is 4.68 Å². The van der Waals surface area contributed by atoms with Gasteiger partial charge in [-0.05, 0) is 32.6 Å². The molecular weight excluding hydrogens is 200 g/mol. The molecule has 0 aromatic carbocycles. The van der Waals surface area contributed by atoms with E-state index in [1.54, 1.807) is 0 Å². The molecular formula is C13H24N2O. The number of hydrogen-bond acceptors (Lipinski definition) is 2. The minimum atomic E-state index is 0.372. The molecule has 0 bridgehead atoms. The normalized spacial score (nSPS) is 13.0. The number of aryl methyl sites for hydroxylation is 1. The van der Waals surface area contributed by atoms with Crippen molar-refractivity contribution in [2.24, 2.45) is 0 Å². The first-order valence-corrected chi connectivity index (χ1v) is 6.44. The Balaban J connectivity index is 2.99. The van der Waals surface area contributed by atoms with Crippen LogP contribution in [0.2, 0.25) is 0 Å². The van der Waals surface area contributed by atoms with Crippen molar-refractivity contribution in [1.29, 1.82) is 0 Å². The molecule has 1 heterocycles. The van der Waals surface area contributed by atoms with E-state index in [4.69, 9.17) is 0 Å². The van der Waals surface area contributed by atoms with Crippen molar-refractivity contribution in [3.05, 3.63) is 11.4 Å². The van der Waals surface area contributed by atoms with Gasteiger partial charge in [0.05, 0.1) is 5.69 Å². The zero-order valence-corrected chi connectivity index (χ0v) is 11.0. The summed E-state index contributed by atoms with van der Waals surface area (Å²) in [6.45, 7) is 8.52. The van der Waals surface area contributed by atoms with Crippen LogP contribution < -0.4 is 0 Å². The fourth-order valence-corrected chi connectivity index (χ4v) is 1.89. The van der Waals surface area contributed by atoms with E-state index < -0.39 is 0 Å². The maximum atomic E-state index is 10.1. The molecule has 16 heavy (non-hydrogen) atoms. The predicted octanol–water partition coefficient (Wildman–Crippen LogP) is 3.46. The Morgan fingerprint density at radius 2 is 2.00 bits per heavy atom. The van der Waals surface area contributed by atoms with Gasteiger partial charge in [0.15, 0.2) is 5.75 Å². The van der Waals surface area contributed by atoms with Crippen LogP contribution in [0.5, 0.6) is 5.75 Å². The summed E-state index contributed by atoms with van der Waals surface area (Å²) in [5, 5.41) is 14.7. The second-order valence-electron chi connectivity index (χ2n) is 4.40. The van der Waals surface area contributed by atoms with Gasteiger partial charge in [0.25, 0.3) is 0 Å². The first kappa shape index (κ1) is 13.1. The SMILES string of the molecule is CCCCc1nn(C(C)CC)c(CC)c1O. The zero-order valence-electron chi connectivity index (χ0n) is 11.0. The standard InChI is InChI=1S/C13H24N2O/c1-5-8-9-11-13(16)12(7-3)15(14-11)10(4)6-2/h10,16H,5-9H2,1-4H3. The van der Waals surface area contributed by atoms with Crippen LogP contribution in [0.4, 0.5) is 0 Å². The van der Waals surface area contributed by atoms with Gasteiger partial charge in [-0.2, -0.15) is 5.10 Å². The van der Waals surface area contributed by atoms with Gasteiger partial charge in [0.2, 0.25) is 0 Å². The first-order valence-electron chi connectivity index (χ1n) is 6.44. The van der Waals surface area contributed by atoms with Crippen LogP contribution in [0.15, 0.2) is 0 Å². The van der Waals surface area contributed by atoms with Crippen molar-refractivity contribution in [2.45, 2.75) is 65.8 Å². The molecule has 3 nitrogen and oxygen atoms in total. The predicted molar refractivity (Wildman–Crippen MR) is 66.9 cm³/mol. The highest BCUT2D eigenvalue weighted by Crippen LogP contribution is 2.27.